The number of rotatable bonds is 8. The summed E-state index contributed by atoms with van der Waals surface area (Å²) in [6, 6.07) is 34.7. The number of halogens is 1. The molecule has 0 fully saturated rings. The molecule has 0 heterocycles. The molecule has 0 atom stereocenters. The van der Waals surface area contributed by atoms with Crippen LogP contribution in [0.15, 0.2) is 103 Å². The van der Waals surface area contributed by atoms with E-state index in [1.807, 2.05) is 60.7 Å². The molecule has 1 N–H and O–H groups in total. The predicted octanol–water partition coefficient (Wildman–Crippen LogP) is 5.38. The number of aliphatic hydroxyl groups excluding tert-OH is 1. The van der Waals surface area contributed by atoms with Crippen LogP contribution in [-0.2, 0) is 12.8 Å². The molecular formula is C28H28ClO3P. The molecule has 33 heavy (non-hydrogen) atoms. The molecule has 0 amide bonds. The minimum atomic E-state index is -3.55. The van der Waals surface area contributed by atoms with Gasteiger partial charge in [0.15, 0.2) is 0 Å². The zero-order valence-electron chi connectivity index (χ0n) is 18.8. The SMILES string of the molecule is COc1cc(CO)c(OC)c(CP(Cl)(c2ccccc2)(c2ccccc2)c2ccccc2)c1. The van der Waals surface area contributed by atoms with E-state index in [0.717, 1.165) is 21.5 Å². The van der Waals surface area contributed by atoms with Crippen LogP contribution in [0, 0.1) is 0 Å². The number of hydrogen-bond donors (Lipinski definition) is 1. The maximum atomic E-state index is 10.0. The van der Waals surface area contributed by atoms with Gasteiger partial charge in [-0.1, -0.05) is 0 Å². The molecule has 0 aliphatic heterocycles. The normalized spacial score (nSPS) is 12.5. The molecule has 0 aromatic heterocycles. The number of ether oxygens (including phenoxy) is 2. The molecular weight excluding hydrogens is 451 g/mol. The van der Waals surface area contributed by atoms with Gasteiger partial charge in [0.1, 0.15) is 0 Å². The van der Waals surface area contributed by atoms with Crippen LogP contribution in [0.1, 0.15) is 11.1 Å². The van der Waals surface area contributed by atoms with Gasteiger partial charge in [-0.25, -0.2) is 0 Å². The first-order valence-electron chi connectivity index (χ1n) is 10.8. The van der Waals surface area contributed by atoms with Crippen molar-refractivity contribution in [2.75, 3.05) is 14.2 Å². The van der Waals surface area contributed by atoms with Crippen molar-refractivity contribution in [2.24, 2.45) is 0 Å². The molecule has 170 valence electrons. The molecule has 3 nitrogen and oxygen atoms in total. The van der Waals surface area contributed by atoms with Crippen molar-refractivity contribution in [3.8, 4) is 11.5 Å². The van der Waals surface area contributed by atoms with Gasteiger partial charge in [0.05, 0.1) is 0 Å². The van der Waals surface area contributed by atoms with Crippen molar-refractivity contribution in [3.05, 3.63) is 114 Å². The Morgan fingerprint density at radius 1 is 0.667 bits per heavy atom. The summed E-state index contributed by atoms with van der Waals surface area (Å²) in [5.74, 6) is -2.26. The van der Waals surface area contributed by atoms with Gasteiger partial charge in [0, 0.05) is 0 Å². The van der Waals surface area contributed by atoms with Gasteiger partial charge in [0.2, 0.25) is 0 Å². The Labute approximate surface area is 200 Å². The van der Waals surface area contributed by atoms with E-state index in [2.05, 4.69) is 36.4 Å². The summed E-state index contributed by atoms with van der Waals surface area (Å²) in [5, 5.41) is 13.3. The van der Waals surface area contributed by atoms with Crippen molar-refractivity contribution in [3.63, 3.8) is 0 Å². The van der Waals surface area contributed by atoms with Crippen LogP contribution >= 0.6 is 17.2 Å². The Kier molecular flexibility index (Phi) is 6.76. The number of hydrogen-bond acceptors (Lipinski definition) is 3. The Hall–Kier alpha value is -2.84. The average molecular weight is 479 g/mol. The Morgan fingerprint density at radius 3 is 1.45 bits per heavy atom. The second-order valence-electron chi connectivity index (χ2n) is 7.98. The summed E-state index contributed by atoms with van der Waals surface area (Å²) in [6.07, 6.45) is 0.499. The van der Waals surface area contributed by atoms with Gasteiger partial charge in [-0.2, -0.15) is 0 Å². The summed E-state index contributed by atoms with van der Waals surface area (Å²) >= 11 is 8.20. The third-order valence-corrected chi connectivity index (χ3v) is 13.4. The van der Waals surface area contributed by atoms with Crippen LogP contribution in [0.25, 0.3) is 0 Å². The zero-order chi connectivity index (χ0) is 23.3. The third-order valence-electron chi connectivity index (χ3n) is 6.18. The van der Waals surface area contributed by atoms with E-state index < -0.39 is 5.96 Å². The minimum absolute atomic E-state index is 0.159. The molecule has 0 radical (unpaired) electrons. The Morgan fingerprint density at radius 2 is 1.09 bits per heavy atom. The van der Waals surface area contributed by atoms with Crippen LogP contribution in [0.4, 0.5) is 0 Å². The molecule has 0 spiro atoms. The van der Waals surface area contributed by atoms with E-state index in [1.54, 1.807) is 20.3 Å². The number of methoxy groups -OCH3 is 2. The Bertz CT molecular complexity index is 1110. The average Bonchev–Trinajstić information content (AvgIpc) is 2.89. The topological polar surface area (TPSA) is 38.7 Å². The first-order chi connectivity index (χ1) is 16.0. The quantitative estimate of drug-likeness (QED) is 0.346. The first kappa shape index (κ1) is 23.3. The Balaban J connectivity index is 2.12. The first-order valence-corrected chi connectivity index (χ1v) is 14.1. The summed E-state index contributed by atoms with van der Waals surface area (Å²) in [6.45, 7) is -0.159. The van der Waals surface area contributed by atoms with E-state index in [0.29, 0.717) is 23.2 Å². The molecule has 4 rings (SSSR count). The standard InChI is InChI=1S/C28H28ClO3P/c1-31-24-18-22(20-30)28(32-2)23(19-24)21-33(29,25-12-6-3-7-13-25,26-14-8-4-9-15-26)27-16-10-5-11-17-27/h3-19,30H,20-21H2,1-2H3. The third kappa shape index (κ3) is 4.02. The van der Waals surface area contributed by atoms with Crippen LogP contribution < -0.4 is 25.4 Å². The maximum absolute atomic E-state index is 10.0. The molecule has 0 bridgehead atoms. The van der Waals surface area contributed by atoms with E-state index in [9.17, 15) is 5.11 Å². The summed E-state index contributed by atoms with van der Waals surface area (Å²) in [4.78, 5) is 0. The molecule has 4 aromatic rings. The van der Waals surface area contributed by atoms with Gasteiger partial charge >= 0.3 is 200 Å². The molecule has 0 saturated heterocycles. The van der Waals surface area contributed by atoms with E-state index in [4.69, 9.17) is 20.7 Å². The van der Waals surface area contributed by atoms with Crippen LogP contribution in [0.3, 0.4) is 0 Å². The fourth-order valence-corrected chi connectivity index (χ4v) is 10.7. The number of benzene rings is 4. The van der Waals surface area contributed by atoms with E-state index in [1.165, 1.54) is 0 Å². The monoisotopic (exact) mass is 478 g/mol. The fraction of sp³-hybridized carbons (Fsp3) is 0.143. The molecule has 0 unspecified atom stereocenters. The molecule has 0 aliphatic carbocycles. The number of aliphatic hydroxyl groups is 1. The van der Waals surface area contributed by atoms with Gasteiger partial charge in [-0.15, -0.1) is 0 Å². The molecule has 4 aromatic carbocycles. The van der Waals surface area contributed by atoms with Crippen LogP contribution in [-0.4, -0.2) is 19.3 Å². The van der Waals surface area contributed by atoms with Crippen LogP contribution in [0.2, 0.25) is 0 Å². The summed E-state index contributed by atoms with van der Waals surface area (Å²) in [5.41, 5.74) is 1.56. The van der Waals surface area contributed by atoms with Crippen molar-refractivity contribution in [1.29, 1.82) is 0 Å². The van der Waals surface area contributed by atoms with Gasteiger partial charge < -0.3 is 0 Å². The van der Waals surface area contributed by atoms with E-state index in [-0.39, 0.29) is 6.61 Å². The van der Waals surface area contributed by atoms with Gasteiger partial charge in [-0.05, 0) is 0 Å². The predicted molar refractivity (Wildman–Crippen MR) is 140 cm³/mol. The van der Waals surface area contributed by atoms with Crippen molar-refractivity contribution >= 4 is 33.1 Å². The summed E-state index contributed by atoms with van der Waals surface area (Å²) < 4.78 is 11.4. The van der Waals surface area contributed by atoms with E-state index >= 15 is 0 Å². The van der Waals surface area contributed by atoms with Gasteiger partial charge in [-0.3, -0.25) is 0 Å². The molecule has 5 heteroatoms. The second kappa shape index (κ2) is 9.57. The van der Waals surface area contributed by atoms with Crippen molar-refractivity contribution in [2.45, 2.75) is 12.8 Å². The summed E-state index contributed by atoms with van der Waals surface area (Å²) in [7, 11) is 3.25. The molecule has 0 saturated carbocycles. The second-order valence-corrected chi connectivity index (χ2v) is 14.5. The van der Waals surface area contributed by atoms with Gasteiger partial charge in [0.25, 0.3) is 0 Å². The zero-order valence-corrected chi connectivity index (χ0v) is 20.5. The van der Waals surface area contributed by atoms with Crippen molar-refractivity contribution in [1.82, 2.24) is 0 Å². The van der Waals surface area contributed by atoms with Crippen molar-refractivity contribution < 1.29 is 14.6 Å². The van der Waals surface area contributed by atoms with Crippen LogP contribution in [0.5, 0.6) is 11.5 Å². The fourth-order valence-electron chi connectivity index (χ4n) is 4.59. The molecule has 0 aliphatic rings.